The molecule has 3 aromatic rings. The summed E-state index contributed by atoms with van der Waals surface area (Å²) in [5.41, 5.74) is 1.35. The molecule has 4 rings (SSSR count). The van der Waals surface area contributed by atoms with E-state index in [4.69, 9.17) is 14.2 Å². The molecule has 1 unspecified atom stereocenters. The number of ether oxygens (including phenoxy) is 3. The highest BCUT2D eigenvalue weighted by Gasteiger charge is 2.47. The molecule has 35 heavy (non-hydrogen) atoms. The number of hydrogen-bond donors (Lipinski definition) is 1. The lowest BCUT2D eigenvalue weighted by atomic mass is 9.94. The van der Waals surface area contributed by atoms with Gasteiger partial charge in [0.05, 0.1) is 37.5 Å². The zero-order valence-electron chi connectivity index (χ0n) is 20.0. The Balaban J connectivity index is 1.97. The van der Waals surface area contributed by atoms with E-state index >= 15 is 0 Å². The van der Waals surface area contributed by atoms with Crippen LogP contribution in [0.25, 0.3) is 5.76 Å². The maximum Gasteiger partial charge on any atom is 0.300 e. The van der Waals surface area contributed by atoms with Crippen molar-refractivity contribution in [2.24, 2.45) is 0 Å². The second kappa shape index (κ2) is 9.93. The third kappa shape index (κ3) is 4.57. The predicted molar refractivity (Wildman–Crippen MR) is 133 cm³/mol. The number of Topliss-reactive ketones (excluding diaryl/α,β-unsaturated/α-hetero) is 1. The number of methoxy groups -OCH3 is 2. The quantitative estimate of drug-likeness (QED) is 0.291. The number of rotatable bonds is 7. The highest BCUT2D eigenvalue weighted by atomic mass is 16.5. The van der Waals surface area contributed by atoms with Gasteiger partial charge in [0.25, 0.3) is 11.7 Å². The molecule has 0 radical (unpaired) electrons. The number of para-hydroxylation sites is 1. The Morgan fingerprint density at radius 3 is 2.29 bits per heavy atom. The van der Waals surface area contributed by atoms with Crippen LogP contribution in [-0.2, 0) is 9.59 Å². The van der Waals surface area contributed by atoms with Crippen LogP contribution in [0.2, 0.25) is 0 Å². The van der Waals surface area contributed by atoms with Crippen molar-refractivity contribution < 1.29 is 28.9 Å². The average molecular weight is 474 g/mol. The fraction of sp³-hybridized carbons (Fsp3) is 0.214. The summed E-state index contributed by atoms with van der Waals surface area (Å²) in [5, 5.41) is 11.5. The first-order valence-electron chi connectivity index (χ1n) is 11.2. The Labute approximate surface area is 204 Å². The summed E-state index contributed by atoms with van der Waals surface area (Å²) in [4.78, 5) is 28.1. The first-order chi connectivity index (χ1) is 16.8. The molecule has 0 saturated carbocycles. The Morgan fingerprint density at radius 2 is 1.63 bits per heavy atom. The smallest absolute Gasteiger partial charge is 0.300 e. The van der Waals surface area contributed by atoms with E-state index in [1.54, 1.807) is 60.7 Å². The molecule has 1 aliphatic rings. The van der Waals surface area contributed by atoms with Crippen molar-refractivity contribution in [2.45, 2.75) is 26.0 Å². The molecule has 180 valence electrons. The standard InChI is InChI=1S/C28H27NO6/c1-17(2)35-21-12-8-9-18(15-21)25-24(26(30)22-16-20(33-3)13-14-23(22)34-4)27(31)28(32)29(25)19-10-6-5-7-11-19/h5-17,25,30H,1-4H3/b26-24+. The maximum absolute atomic E-state index is 13.4. The molecule has 7 heteroatoms. The van der Waals surface area contributed by atoms with Gasteiger partial charge < -0.3 is 19.3 Å². The van der Waals surface area contributed by atoms with Crippen LogP contribution >= 0.6 is 0 Å². The second-order valence-corrected chi connectivity index (χ2v) is 8.31. The van der Waals surface area contributed by atoms with Gasteiger partial charge >= 0.3 is 0 Å². The first kappa shape index (κ1) is 23.9. The Hall–Kier alpha value is -4.26. The van der Waals surface area contributed by atoms with Gasteiger partial charge in [0.1, 0.15) is 23.0 Å². The van der Waals surface area contributed by atoms with Crippen LogP contribution in [0.4, 0.5) is 5.69 Å². The third-order valence-electron chi connectivity index (χ3n) is 5.69. The lowest BCUT2D eigenvalue weighted by molar-refractivity contribution is -0.132. The molecule has 1 aliphatic heterocycles. The molecular weight excluding hydrogens is 446 g/mol. The normalized spacial score (nSPS) is 17.1. The van der Waals surface area contributed by atoms with Crippen LogP contribution in [0.15, 0.2) is 78.4 Å². The van der Waals surface area contributed by atoms with Crippen LogP contribution in [0.3, 0.4) is 0 Å². The largest absolute Gasteiger partial charge is 0.507 e. The Kier molecular flexibility index (Phi) is 6.78. The monoisotopic (exact) mass is 473 g/mol. The summed E-state index contributed by atoms with van der Waals surface area (Å²) in [6.45, 7) is 3.83. The fourth-order valence-electron chi connectivity index (χ4n) is 4.18. The second-order valence-electron chi connectivity index (χ2n) is 8.31. The van der Waals surface area contributed by atoms with Crippen LogP contribution in [0.1, 0.15) is 31.0 Å². The van der Waals surface area contributed by atoms with Gasteiger partial charge in [0.2, 0.25) is 0 Å². The third-order valence-corrected chi connectivity index (χ3v) is 5.69. The van der Waals surface area contributed by atoms with Crippen molar-refractivity contribution in [1.82, 2.24) is 0 Å². The van der Waals surface area contributed by atoms with Gasteiger partial charge in [0.15, 0.2) is 0 Å². The predicted octanol–water partition coefficient (Wildman–Crippen LogP) is 5.12. The SMILES string of the molecule is COc1ccc(OC)c(/C(O)=C2\C(=O)C(=O)N(c3ccccc3)C2c2cccc(OC(C)C)c2)c1. The maximum atomic E-state index is 13.4. The number of aliphatic hydroxyl groups is 1. The topological polar surface area (TPSA) is 85.3 Å². The molecule has 0 aliphatic carbocycles. The molecule has 7 nitrogen and oxygen atoms in total. The molecule has 1 amide bonds. The van der Waals surface area contributed by atoms with E-state index in [2.05, 4.69) is 0 Å². The van der Waals surface area contributed by atoms with Crippen molar-refractivity contribution >= 4 is 23.1 Å². The zero-order chi connectivity index (χ0) is 25.1. The van der Waals surface area contributed by atoms with Crippen molar-refractivity contribution in [3.8, 4) is 17.2 Å². The summed E-state index contributed by atoms with van der Waals surface area (Å²) in [6, 6.07) is 20.1. The number of ketones is 1. The molecule has 1 heterocycles. The van der Waals surface area contributed by atoms with Crippen molar-refractivity contribution in [3.05, 3.63) is 89.5 Å². The van der Waals surface area contributed by atoms with Crippen molar-refractivity contribution in [3.63, 3.8) is 0 Å². The number of carbonyl (C=O) groups excluding carboxylic acids is 2. The molecule has 3 aromatic carbocycles. The summed E-state index contributed by atoms with van der Waals surface area (Å²) < 4.78 is 16.6. The lowest BCUT2D eigenvalue weighted by Gasteiger charge is -2.26. The van der Waals surface area contributed by atoms with Gasteiger partial charge in [-0.3, -0.25) is 14.5 Å². The van der Waals surface area contributed by atoms with Gasteiger partial charge in [0, 0.05) is 5.69 Å². The molecular formula is C28H27NO6. The van der Waals surface area contributed by atoms with E-state index in [1.165, 1.54) is 19.1 Å². The molecule has 0 aromatic heterocycles. The minimum absolute atomic E-state index is 0.0490. The number of amides is 1. The van der Waals surface area contributed by atoms with Crippen molar-refractivity contribution in [1.29, 1.82) is 0 Å². The summed E-state index contributed by atoms with van der Waals surface area (Å²) in [5.74, 6) is -0.484. The molecule has 1 fully saturated rings. The van der Waals surface area contributed by atoms with Gasteiger partial charge in [-0.25, -0.2) is 0 Å². The summed E-state index contributed by atoms with van der Waals surface area (Å²) >= 11 is 0. The molecule has 1 N–H and O–H groups in total. The number of carbonyl (C=O) groups is 2. The van der Waals surface area contributed by atoms with Crippen molar-refractivity contribution in [2.75, 3.05) is 19.1 Å². The lowest BCUT2D eigenvalue weighted by Crippen LogP contribution is -2.29. The van der Waals surface area contributed by atoms with Gasteiger partial charge in [-0.05, 0) is 61.9 Å². The zero-order valence-corrected chi connectivity index (χ0v) is 20.0. The van der Waals surface area contributed by atoms with E-state index in [1.807, 2.05) is 26.0 Å². The number of aliphatic hydroxyl groups excluding tert-OH is 1. The Morgan fingerprint density at radius 1 is 0.886 bits per heavy atom. The Bertz CT molecular complexity index is 1280. The summed E-state index contributed by atoms with van der Waals surface area (Å²) in [6.07, 6.45) is -0.0632. The van der Waals surface area contributed by atoms with Gasteiger partial charge in [-0.1, -0.05) is 30.3 Å². The van der Waals surface area contributed by atoms with Crippen LogP contribution < -0.4 is 19.1 Å². The fourth-order valence-corrected chi connectivity index (χ4v) is 4.18. The molecule has 0 spiro atoms. The summed E-state index contributed by atoms with van der Waals surface area (Å²) in [7, 11) is 2.96. The van der Waals surface area contributed by atoms with Gasteiger partial charge in [-0.15, -0.1) is 0 Å². The van der Waals surface area contributed by atoms with Crippen LogP contribution in [0, 0.1) is 0 Å². The highest BCUT2D eigenvalue weighted by Crippen LogP contribution is 2.44. The van der Waals surface area contributed by atoms with E-state index in [0.29, 0.717) is 28.5 Å². The van der Waals surface area contributed by atoms with Gasteiger partial charge in [-0.2, -0.15) is 0 Å². The molecule has 1 saturated heterocycles. The van der Waals surface area contributed by atoms with E-state index < -0.39 is 17.7 Å². The number of nitrogens with zero attached hydrogens (tertiary/aromatic N) is 1. The average Bonchev–Trinajstić information content (AvgIpc) is 3.13. The highest BCUT2D eigenvalue weighted by molar-refractivity contribution is 6.51. The van der Waals surface area contributed by atoms with E-state index in [-0.39, 0.29) is 23.0 Å². The van der Waals surface area contributed by atoms with Crippen LogP contribution in [-0.4, -0.2) is 37.1 Å². The van der Waals surface area contributed by atoms with Crippen LogP contribution in [0.5, 0.6) is 17.2 Å². The number of hydrogen-bond acceptors (Lipinski definition) is 6. The number of anilines is 1. The minimum Gasteiger partial charge on any atom is -0.507 e. The first-order valence-corrected chi connectivity index (χ1v) is 11.2. The molecule has 0 bridgehead atoms. The van der Waals surface area contributed by atoms with E-state index in [0.717, 1.165) is 0 Å². The number of benzene rings is 3. The molecule has 1 atom stereocenters. The minimum atomic E-state index is -0.885. The van der Waals surface area contributed by atoms with E-state index in [9.17, 15) is 14.7 Å².